The van der Waals surface area contributed by atoms with E-state index in [1.165, 1.54) is 10.9 Å². The van der Waals surface area contributed by atoms with E-state index in [9.17, 15) is 13.7 Å². The Morgan fingerprint density at radius 2 is 2.03 bits per heavy atom. The first-order valence-electron chi connectivity index (χ1n) is 9.26. The van der Waals surface area contributed by atoms with Crippen LogP contribution in [0.15, 0.2) is 28.7 Å². The number of halogens is 2. The predicted molar refractivity (Wildman–Crippen MR) is 117 cm³/mol. The summed E-state index contributed by atoms with van der Waals surface area (Å²) < 4.78 is 31.1. The minimum absolute atomic E-state index is 0. The first kappa shape index (κ1) is 23.9. The second kappa shape index (κ2) is 9.21. The van der Waals surface area contributed by atoms with E-state index >= 15 is 0 Å². The molecule has 0 amide bonds. The molecule has 0 bridgehead atoms. The van der Waals surface area contributed by atoms with Crippen molar-refractivity contribution < 1.29 is 12.8 Å². The lowest BCUT2D eigenvalue weighted by Gasteiger charge is -2.45. The van der Waals surface area contributed by atoms with Gasteiger partial charge in [-0.15, -0.1) is 24.8 Å². The Morgan fingerprint density at radius 3 is 2.76 bits per heavy atom. The van der Waals surface area contributed by atoms with Crippen molar-refractivity contribution in [2.24, 2.45) is 0 Å². The Balaban J connectivity index is 0.00000150. The summed E-state index contributed by atoms with van der Waals surface area (Å²) in [7, 11) is -3.22. The highest BCUT2D eigenvalue weighted by atomic mass is 35.5. The average molecular weight is 461 g/mol. The zero-order valence-corrected chi connectivity index (χ0v) is 18.6. The van der Waals surface area contributed by atoms with Crippen LogP contribution < -0.4 is 10.0 Å². The van der Waals surface area contributed by atoms with Gasteiger partial charge in [0.25, 0.3) is 0 Å². The first-order chi connectivity index (χ1) is 12.9. The number of hydrogen-bond donors (Lipinski definition) is 2. The molecule has 2 aromatic rings. The van der Waals surface area contributed by atoms with E-state index in [4.69, 9.17) is 4.42 Å². The molecule has 160 valence electrons. The quantitative estimate of drug-likeness (QED) is 0.664. The summed E-state index contributed by atoms with van der Waals surface area (Å²) in [6, 6.07) is 10.6. The number of sulfonamides is 1. The van der Waals surface area contributed by atoms with Crippen molar-refractivity contribution in [3.8, 4) is 6.07 Å². The fourth-order valence-corrected chi connectivity index (χ4v) is 4.79. The summed E-state index contributed by atoms with van der Waals surface area (Å²) >= 11 is 0. The number of hydrogen-bond acceptors (Lipinski definition) is 6. The third-order valence-electron chi connectivity index (χ3n) is 5.66. The monoisotopic (exact) mass is 460 g/mol. The van der Waals surface area contributed by atoms with Gasteiger partial charge in [0.05, 0.1) is 18.4 Å². The summed E-state index contributed by atoms with van der Waals surface area (Å²) in [4.78, 5) is 2.40. The van der Waals surface area contributed by atoms with Crippen LogP contribution in [-0.4, -0.2) is 51.3 Å². The van der Waals surface area contributed by atoms with Crippen LogP contribution in [0.1, 0.15) is 30.2 Å². The van der Waals surface area contributed by atoms with Gasteiger partial charge in [-0.2, -0.15) is 5.26 Å². The number of nitrogens with zero attached hydrogens (tertiary/aromatic N) is 2. The summed E-state index contributed by atoms with van der Waals surface area (Å²) in [5.74, 6) is 0.984. The van der Waals surface area contributed by atoms with Crippen LogP contribution in [0.3, 0.4) is 0 Å². The van der Waals surface area contributed by atoms with Crippen molar-refractivity contribution in [3.05, 3.63) is 35.6 Å². The Kier molecular flexibility index (Phi) is 7.60. The lowest BCUT2D eigenvalue weighted by Crippen LogP contribution is -2.55. The van der Waals surface area contributed by atoms with E-state index in [0.717, 1.165) is 37.1 Å². The van der Waals surface area contributed by atoms with Crippen molar-refractivity contribution in [2.45, 2.75) is 30.8 Å². The summed E-state index contributed by atoms with van der Waals surface area (Å²) in [6.45, 7) is 2.48. The molecule has 29 heavy (non-hydrogen) atoms. The second-order valence-corrected chi connectivity index (χ2v) is 9.32. The number of benzene rings is 1. The molecule has 1 fully saturated rings. The smallest absolute Gasteiger partial charge is 0.208 e. The van der Waals surface area contributed by atoms with E-state index in [2.05, 4.69) is 27.1 Å². The molecule has 4 rings (SSSR count). The van der Waals surface area contributed by atoms with E-state index in [-0.39, 0.29) is 37.4 Å². The van der Waals surface area contributed by atoms with Gasteiger partial charge >= 0.3 is 0 Å². The van der Waals surface area contributed by atoms with Crippen molar-refractivity contribution in [2.75, 3.05) is 32.4 Å². The molecule has 0 saturated carbocycles. The van der Waals surface area contributed by atoms with E-state index in [1.807, 2.05) is 18.2 Å². The number of furan rings is 1. The number of fused-ring (bicyclic) bond motifs is 5. The van der Waals surface area contributed by atoms with Crippen LogP contribution in [-0.2, 0) is 16.4 Å². The molecule has 2 N–H and O–H groups in total. The minimum atomic E-state index is -3.22. The molecular weight excluding hydrogens is 435 g/mol. The van der Waals surface area contributed by atoms with Gasteiger partial charge in [0.2, 0.25) is 10.0 Å². The highest BCUT2D eigenvalue weighted by molar-refractivity contribution is 7.88. The van der Waals surface area contributed by atoms with Crippen molar-refractivity contribution in [1.29, 1.82) is 5.26 Å². The molecule has 0 unspecified atom stereocenters. The third kappa shape index (κ3) is 4.88. The Bertz CT molecular complexity index is 1000. The summed E-state index contributed by atoms with van der Waals surface area (Å²) in [6.07, 6.45) is 3.45. The fraction of sp³-hybridized carbons (Fsp3) is 0.526. The maximum atomic E-state index is 11.2. The molecular formula is C19H26Cl2N4O3S. The van der Waals surface area contributed by atoms with Gasteiger partial charge in [0.1, 0.15) is 16.9 Å². The molecule has 2 atom stereocenters. The van der Waals surface area contributed by atoms with E-state index < -0.39 is 15.6 Å². The molecule has 2 aliphatic rings. The molecule has 1 aromatic carbocycles. The first-order valence-corrected chi connectivity index (χ1v) is 11.2. The van der Waals surface area contributed by atoms with Crippen LogP contribution in [0.4, 0.5) is 0 Å². The maximum absolute atomic E-state index is 11.2. The van der Waals surface area contributed by atoms with Gasteiger partial charge in [-0.3, -0.25) is 10.2 Å². The summed E-state index contributed by atoms with van der Waals surface area (Å²) in [5, 5.41) is 14.3. The van der Waals surface area contributed by atoms with E-state index in [0.29, 0.717) is 19.4 Å². The largest absolute Gasteiger partial charge is 0.459 e. The maximum Gasteiger partial charge on any atom is 0.208 e. The van der Waals surface area contributed by atoms with Crippen LogP contribution in [0.5, 0.6) is 0 Å². The highest BCUT2D eigenvalue weighted by Gasteiger charge is 2.44. The van der Waals surface area contributed by atoms with Crippen LogP contribution in [0.2, 0.25) is 0 Å². The van der Waals surface area contributed by atoms with Crippen molar-refractivity contribution in [1.82, 2.24) is 14.9 Å². The van der Waals surface area contributed by atoms with Gasteiger partial charge < -0.3 is 4.42 Å². The SMILES string of the molecule is CS(=O)(=O)NCCN[C@]1(C#N)CCN2CCc3c(oc4ccccc34)[C@@H]2C1.Cl.Cl. The average Bonchev–Trinajstić information content (AvgIpc) is 3.04. The molecule has 0 aliphatic carbocycles. The fourth-order valence-electron chi connectivity index (χ4n) is 4.32. The van der Waals surface area contributed by atoms with Gasteiger partial charge in [0, 0.05) is 43.5 Å². The van der Waals surface area contributed by atoms with Crippen molar-refractivity contribution >= 4 is 45.8 Å². The molecule has 1 saturated heterocycles. The molecule has 10 heteroatoms. The number of nitriles is 1. The van der Waals surface area contributed by atoms with Gasteiger partial charge in [-0.1, -0.05) is 18.2 Å². The number of nitrogens with one attached hydrogen (secondary N) is 2. The molecule has 0 radical (unpaired) electrons. The molecule has 2 aliphatic heterocycles. The standard InChI is InChI=1S/C19H24N4O3S.2ClH/c1-27(24,25)22-9-8-21-19(13-20)7-11-23-10-6-15-14-4-2-3-5-17(14)26-18(15)16(23)12-19;;/h2-5,16,21-22H,6-12H2,1H3;2*1H/t16-,19+;;/m0../s1. The van der Waals surface area contributed by atoms with Gasteiger partial charge in [-0.25, -0.2) is 13.1 Å². The predicted octanol–water partition coefficient (Wildman–Crippen LogP) is 2.37. The number of piperidine rings is 1. The topological polar surface area (TPSA) is 98.4 Å². The zero-order valence-electron chi connectivity index (χ0n) is 16.2. The lowest BCUT2D eigenvalue weighted by atomic mass is 9.80. The molecule has 0 spiro atoms. The highest BCUT2D eigenvalue weighted by Crippen LogP contribution is 2.43. The Hall–Kier alpha value is -1.34. The van der Waals surface area contributed by atoms with Crippen LogP contribution >= 0.6 is 24.8 Å². The molecule has 3 heterocycles. The zero-order chi connectivity index (χ0) is 19.1. The van der Waals surface area contributed by atoms with Crippen molar-refractivity contribution in [3.63, 3.8) is 0 Å². The minimum Gasteiger partial charge on any atom is -0.459 e. The molecule has 7 nitrogen and oxygen atoms in total. The summed E-state index contributed by atoms with van der Waals surface area (Å²) in [5.41, 5.74) is 1.50. The third-order valence-corrected chi connectivity index (χ3v) is 6.38. The normalized spacial score (nSPS) is 23.9. The second-order valence-electron chi connectivity index (χ2n) is 7.48. The van der Waals surface area contributed by atoms with Gasteiger partial charge in [0.15, 0.2) is 0 Å². The van der Waals surface area contributed by atoms with E-state index in [1.54, 1.807) is 0 Å². The van der Waals surface area contributed by atoms with Crippen LogP contribution in [0.25, 0.3) is 11.0 Å². The number of para-hydroxylation sites is 1. The Labute approximate surface area is 183 Å². The van der Waals surface area contributed by atoms with Crippen LogP contribution in [0, 0.1) is 11.3 Å². The molecule has 1 aromatic heterocycles. The Morgan fingerprint density at radius 1 is 1.28 bits per heavy atom. The lowest BCUT2D eigenvalue weighted by molar-refractivity contribution is 0.0779. The number of rotatable bonds is 5. The van der Waals surface area contributed by atoms with Gasteiger partial charge in [-0.05, 0) is 18.9 Å².